The molecule has 22 heavy (non-hydrogen) atoms. The van der Waals surface area contributed by atoms with Crippen molar-refractivity contribution in [3.63, 3.8) is 0 Å². The van der Waals surface area contributed by atoms with Gasteiger partial charge in [-0.15, -0.1) is 11.6 Å². The highest BCUT2D eigenvalue weighted by Crippen LogP contribution is 2.29. The van der Waals surface area contributed by atoms with Gasteiger partial charge in [0, 0.05) is 23.5 Å². The van der Waals surface area contributed by atoms with E-state index in [9.17, 15) is 0 Å². The Morgan fingerprint density at radius 1 is 0.864 bits per heavy atom. The number of aliphatic hydroxyl groups is 1. The molecule has 0 amide bonds. The third-order valence-electron chi connectivity index (χ3n) is 2.48. The van der Waals surface area contributed by atoms with Crippen molar-refractivity contribution < 1.29 is 5.11 Å². The predicted octanol–water partition coefficient (Wildman–Crippen LogP) is 4.17. The first kappa shape index (κ1) is 19.4. The number of nitrogen functional groups attached to an aromatic ring is 2. The summed E-state index contributed by atoms with van der Waals surface area (Å²) in [6.45, 7) is -0.232. The molecule has 0 atom stereocenters. The van der Waals surface area contributed by atoms with E-state index in [1.165, 1.54) is 12.4 Å². The lowest BCUT2D eigenvalue weighted by molar-refractivity contribution is 0.282. The highest BCUT2D eigenvalue weighted by molar-refractivity contribution is 6.38. The number of rotatable bonds is 2. The van der Waals surface area contributed by atoms with Crippen LogP contribution in [0.2, 0.25) is 20.1 Å². The second-order valence-corrected chi connectivity index (χ2v) is 5.70. The van der Waals surface area contributed by atoms with E-state index < -0.39 is 0 Å². The maximum Gasteiger partial charge on any atom is 0.142 e. The summed E-state index contributed by atoms with van der Waals surface area (Å²) >= 11 is 28.3. The smallest absolute Gasteiger partial charge is 0.142 e. The van der Waals surface area contributed by atoms with E-state index in [4.69, 9.17) is 74.6 Å². The molecule has 0 aliphatic carbocycles. The molecule has 120 valence electrons. The average molecular weight is 405 g/mol. The van der Waals surface area contributed by atoms with Crippen molar-refractivity contribution >= 4 is 69.6 Å². The van der Waals surface area contributed by atoms with Crippen molar-refractivity contribution in [1.29, 1.82) is 0 Å². The number of hydrogen-bond donors (Lipinski definition) is 3. The Balaban J connectivity index is 0.000000220. The molecule has 2 rings (SSSR count). The summed E-state index contributed by atoms with van der Waals surface area (Å²) in [6, 6.07) is 0. The first-order chi connectivity index (χ1) is 10.3. The lowest BCUT2D eigenvalue weighted by Crippen LogP contribution is -1.96. The van der Waals surface area contributed by atoms with Gasteiger partial charge in [0.1, 0.15) is 11.6 Å². The van der Waals surface area contributed by atoms with Crippen LogP contribution in [0.5, 0.6) is 0 Å². The van der Waals surface area contributed by atoms with Gasteiger partial charge in [-0.3, -0.25) is 0 Å². The Labute approximate surface area is 152 Å². The van der Waals surface area contributed by atoms with E-state index in [0.29, 0.717) is 26.2 Å². The van der Waals surface area contributed by atoms with Crippen LogP contribution >= 0.6 is 58.0 Å². The van der Waals surface area contributed by atoms with Gasteiger partial charge in [0.2, 0.25) is 0 Å². The summed E-state index contributed by atoms with van der Waals surface area (Å²) in [7, 11) is 0. The molecule has 10 heteroatoms. The molecule has 0 bridgehead atoms. The minimum absolute atomic E-state index is 0.181. The number of alkyl halides is 1. The van der Waals surface area contributed by atoms with Crippen LogP contribution in [0.3, 0.4) is 0 Å². The van der Waals surface area contributed by atoms with Gasteiger partial charge in [-0.1, -0.05) is 46.4 Å². The minimum Gasteiger partial charge on any atom is -0.392 e. The summed E-state index contributed by atoms with van der Waals surface area (Å²) in [5, 5.41) is 10.1. The van der Waals surface area contributed by atoms with Crippen LogP contribution in [0.1, 0.15) is 11.1 Å². The molecule has 0 saturated heterocycles. The zero-order valence-corrected chi connectivity index (χ0v) is 14.7. The van der Waals surface area contributed by atoms with Gasteiger partial charge in [-0.25, -0.2) is 9.97 Å². The number of nitrogens with zero attached hydrogens (tertiary/aromatic N) is 2. The average Bonchev–Trinajstić information content (AvgIpc) is 2.49. The van der Waals surface area contributed by atoms with Crippen LogP contribution in [-0.4, -0.2) is 15.1 Å². The molecule has 0 aliphatic rings. The SMILES string of the molecule is Nc1ncc(Cl)c(CCl)c1Cl.Nc1ncc(Cl)c(CO)c1Cl. The second-order valence-electron chi connectivity index (χ2n) is 3.86. The molecule has 5 N–H and O–H groups in total. The van der Waals surface area contributed by atoms with Gasteiger partial charge < -0.3 is 16.6 Å². The largest absolute Gasteiger partial charge is 0.392 e. The van der Waals surface area contributed by atoms with E-state index in [1.54, 1.807) is 0 Å². The number of aromatic nitrogens is 2. The van der Waals surface area contributed by atoms with E-state index in [2.05, 4.69) is 9.97 Å². The number of halogens is 5. The third-order valence-corrected chi connectivity index (χ3v) is 4.24. The third kappa shape index (κ3) is 4.65. The molecule has 0 fully saturated rings. The predicted molar refractivity (Wildman–Crippen MR) is 92.8 cm³/mol. The quantitative estimate of drug-likeness (QED) is 0.653. The van der Waals surface area contributed by atoms with Gasteiger partial charge in [0.25, 0.3) is 0 Å². The Bertz CT molecular complexity index is 611. The van der Waals surface area contributed by atoms with Gasteiger partial charge in [0.05, 0.1) is 32.6 Å². The number of anilines is 2. The molecule has 0 unspecified atom stereocenters. The van der Waals surface area contributed by atoms with E-state index in [-0.39, 0.29) is 29.1 Å². The van der Waals surface area contributed by atoms with Crippen LogP contribution in [0.15, 0.2) is 12.4 Å². The molecule has 2 aromatic heterocycles. The highest BCUT2D eigenvalue weighted by Gasteiger charge is 2.08. The lowest BCUT2D eigenvalue weighted by atomic mass is 10.3. The Kier molecular flexibility index (Phi) is 7.76. The fourth-order valence-electron chi connectivity index (χ4n) is 1.31. The molecule has 0 aliphatic heterocycles. The van der Waals surface area contributed by atoms with Gasteiger partial charge in [-0.2, -0.15) is 0 Å². The Hall–Kier alpha value is -0.690. The van der Waals surface area contributed by atoms with Crippen molar-refractivity contribution in [3.8, 4) is 0 Å². The highest BCUT2D eigenvalue weighted by atomic mass is 35.5. The number of aliphatic hydroxyl groups excluding tert-OH is 1. The van der Waals surface area contributed by atoms with E-state index in [0.717, 1.165) is 0 Å². The summed E-state index contributed by atoms with van der Waals surface area (Å²) in [6.07, 6.45) is 2.79. The number of pyridine rings is 2. The topological polar surface area (TPSA) is 98.0 Å². The van der Waals surface area contributed by atoms with Crippen molar-refractivity contribution in [2.45, 2.75) is 12.5 Å². The van der Waals surface area contributed by atoms with Crippen molar-refractivity contribution in [3.05, 3.63) is 43.6 Å². The van der Waals surface area contributed by atoms with Gasteiger partial charge >= 0.3 is 0 Å². The van der Waals surface area contributed by atoms with Crippen LogP contribution in [-0.2, 0) is 12.5 Å². The Morgan fingerprint density at radius 3 is 1.59 bits per heavy atom. The summed E-state index contributed by atoms with van der Waals surface area (Å²) < 4.78 is 0. The molecule has 0 radical (unpaired) electrons. The Morgan fingerprint density at radius 2 is 1.27 bits per heavy atom. The molecule has 5 nitrogen and oxygen atoms in total. The number of nitrogens with two attached hydrogens (primary N) is 2. The maximum absolute atomic E-state index is 8.77. The molecule has 2 aromatic rings. The molecule has 0 saturated carbocycles. The molecule has 0 aromatic carbocycles. The molecular formula is C12H11Cl5N4O. The first-order valence-electron chi connectivity index (χ1n) is 5.66. The van der Waals surface area contributed by atoms with Crippen molar-refractivity contribution in [2.75, 3.05) is 11.5 Å². The van der Waals surface area contributed by atoms with Crippen LogP contribution < -0.4 is 11.5 Å². The first-order valence-corrected chi connectivity index (χ1v) is 7.71. The van der Waals surface area contributed by atoms with E-state index in [1.807, 2.05) is 0 Å². The zero-order chi connectivity index (χ0) is 16.9. The van der Waals surface area contributed by atoms with Crippen molar-refractivity contribution in [1.82, 2.24) is 9.97 Å². The standard InChI is InChI=1S/C6H5Cl3N2.C6H6Cl2N2O/c7-1-3-4(8)2-11-6(10)5(3)9;7-4-1-10-6(9)5(8)3(4)2-11/h2H,1H2,(H2,10,11);1,11H,2H2,(H2,9,10). The maximum atomic E-state index is 8.77. The molecular weight excluding hydrogens is 393 g/mol. The lowest BCUT2D eigenvalue weighted by Gasteiger charge is -2.03. The van der Waals surface area contributed by atoms with E-state index >= 15 is 0 Å². The summed E-state index contributed by atoms with van der Waals surface area (Å²) in [5.41, 5.74) is 11.8. The van der Waals surface area contributed by atoms with Crippen LogP contribution in [0.25, 0.3) is 0 Å². The monoisotopic (exact) mass is 402 g/mol. The molecule has 0 spiro atoms. The zero-order valence-electron chi connectivity index (χ0n) is 11.0. The van der Waals surface area contributed by atoms with Crippen molar-refractivity contribution in [2.24, 2.45) is 0 Å². The fraction of sp³-hybridized carbons (Fsp3) is 0.167. The fourth-order valence-corrected chi connectivity index (χ4v) is 2.66. The van der Waals surface area contributed by atoms with Gasteiger partial charge in [-0.05, 0) is 0 Å². The van der Waals surface area contributed by atoms with Crippen LogP contribution in [0.4, 0.5) is 11.6 Å². The molecule has 2 heterocycles. The summed E-state index contributed by atoms with van der Waals surface area (Å²) in [5.74, 6) is 0.677. The minimum atomic E-state index is -0.232. The second kappa shape index (κ2) is 8.82. The summed E-state index contributed by atoms with van der Waals surface area (Å²) in [4.78, 5) is 7.43. The normalized spacial score (nSPS) is 10.1. The number of hydrogen-bond acceptors (Lipinski definition) is 5. The van der Waals surface area contributed by atoms with Crippen LogP contribution in [0, 0.1) is 0 Å². The van der Waals surface area contributed by atoms with Gasteiger partial charge in [0.15, 0.2) is 0 Å².